The van der Waals surface area contributed by atoms with Crippen molar-refractivity contribution < 1.29 is 4.79 Å². The second kappa shape index (κ2) is 5.25. The first-order chi connectivity index (χ1) is 9.63. The molecule has 2 aromatic rings. The number of carbonyl (C=O) groups excluding carboxylic acids is 1. The summed E-state index contributed by atoms with van der Waals surface area (Å²) in [4.78, 5) is 14.3. The topological polar surface area (TPSA) is 46.3 Å². The Bertz CT molecular complexity index is 632. The van der Waals surface area contributed by atoms with Crippen molar-refractivity contribution in [3.63, 3.8) is 0 Å². The normalized spacial score (nSPS) is 21.5. The Morgan fingerprint density at radius 2 is 1.90 bits per heavy atom. The summed E-state index contributed by atoms with van der Waals surface area (Å²) >= 11 is 0. The highest BCUT2D eigenvalue weighted by molar-refractivity contribution is 5.98. The maximum absolute atomic E-state index is 12.4. The second-order valence-electron chi connectivity index (χ2n) is 5.85. The van der Waals surface area contributed by atoms with Crippen molar-refractivity contribution in [3.8, 4) is 0 Å². The summed E-state index contributed by atoms with van der Waals surface area (Å²) in [5.41, 5.74) is 6.55. The van der Waals surface area contributed by atoms with Gasteiger partial charge in [-0.2, -0.15) is 0 Å². The molecule has 0 aromatic heterocycles. The number of hydrogen-bond acceptors (Lipinski definition) is 2. The van der Waals surface area contributed by atoms with Gasteiger partial charge in [0.05, 0.1) is 0 Å². The van der Waals surface area contributed by atoms with Gasteiger partial charge in [-0.3, -0.25) is 4.79 Å². The third-order valence-corrected chi connectivity index (χ3v) is 4.15. The van der Waals surface area contributed by atoms with E-state index < -0.39 is 0 Å². The van der Waals surface area contributed by atoms with Crippen LogP contribution in [-0.4, -0.2) is 30.4 Å². The molecule has 0 bridgehead atoms. The maximum atomic E-state index is 12.4. The number of rotatable bonds is 3. The van der Waals surface area contributed by atoms with Gasteiger partial charge in [0.2, 0.25) is 0 Å². The molecule has 0 radical (unpaired) electrons. The SMILES string of the molecule is CN(CC1CC(N)C1)C(=O)c1ccc2ccccc2c1. The molecule has 0 atom stereocenters. The Labute approximate surface area is 119 Å². The maximum Gasteiger partial charge on any atom is 0.253 e. The van der Waals surface area contributed by atoms with Gasteiger partial charge in [-0.05, 0) is 41.7 Å². The highest BCUT2D eigenvalue weighted by Crippen LogP contribution is 2.26. The zero-order chi connectivity index (χ0) is 14.1. The lowest BCUT2D eigenvalue weighted by atomic mass is 9.80. The summed E-state index contributed by atoms with van der Waals surface area (Å²) in [7, 11) is 1.88. The lowest BCUT2D eigenvalue weighted by Gasteiger charge is -2.35. The fraction of sp³-hybridized carbons (Fsp3) is 0.353. The average Bonchev–Trinajstić information content (AvgIpc) is 2.44. The van der Waals surface area contributed by atoms with E-state index in [0.717, 1.165) is 35.7 Å². The summed E-state index contributed by atoms with van der Waals surface area (Å²) in [6.45, 7) is 0.805. The van der Waals surface area contributed by atoms with Gasteiger partial charge in [0.25, 0.3) is 5.91 Å². The number of nitrogens with two attached hydrogens (primary N) is 1. The van der Waals surface area contributed by atoms with E-state index in [1.165, 1.54) is 0 Å². The van der Waals surface area contributed by atoms with E-state index in [9.17, 15) is 4.79 Å². The second-order valence-corrected chi connectivity index (χ2v) is 5.85. The molecule has 2 aromatic carbocycles. The molecule has 1 saturated carbocycles. The lowest BCUT2D eigenvalue weighted by molar-refractivity contribution is 0.0734. The molecule has 3 heteroatoms. The van der Waals surface area contributed by atoms with Gasteiger partial charge < -0.3 is 10.6 Å². The summed E-state index contributed by atoms with van der Waals surface area (Å²) in [6, 6.07) is 14.3. The van der Waals surface area contributed by atoms with Crippen molar-refractivity contribution in [2.45, 2.75) is 18.9 Å². The molecule has 0 aliphatic heterocycles. The monoisotopic (exact) mass is 268 g/mol. The molecule has 3 rings (SSSR count). The van der Waals surface area contributed by atoms with Gasteiger partial charge in [0.15, 0.2) is 0 Å². The zero-order valence-corrected chi connectivity index (χ0v) is 11.8. The van der Waals surface area contributed by atoms with Crippen LogP contribution in [0.3, 0.4) is 0 Å². The third kappa shape index (κ3) is 2.54. The molecular weight excluding hydrogens is 248 g/mol. The van der Waals surface area contributed by atoms with E-state index in [4.69, 9.17) is 5.73 Å². The number of hydrogen-bond donors (Lipinski definition) is 1. The smallest absolute Gasteiger partial charge is 0.253 e. The van der Waals surface area contributed by atoms with Crippen molar-refractivity contribution in [3.05, 3.63) is 48.0 Å². The molecule has 1 aliphatic carbocycles. The summed E-state index contributed by atoms with van der Waals surface area (Å²) in [6.07, 6.45) is 2.07. The van der Waals surface area contributed by atoms with Crippen LogP contribution < -0.4 is 5.73 Å². The first-order valence-corrected chi connectivity index (χ1v) is 7.13. The fourth-order valence-corrected chi connectivity index (χ4v) is 2.95. The number of carbonyl (C=O) groups is 1. The molecule has 0 unspecified atom stereocenters. The Hall–Kier alpha value is -1.87. The van der Waals surface area contributed by atoms with E-state index in [2.05, 4.69) is 6.07 Å². The van der Waals surface area contributed by atoms with Crippen molar-refractivity contribution >= 4 is 16.7 Å². The summed E-state index contributed by atoms with van der Waals surface area (Å²) in [5, 5.41) is 2.27. The Morgan fingerprint density at radius 1 is 1.20 bits per heavy atom. The third-order valence-electron chi connectivity index (χ3n) is 4.15. The van der Waals surface area contributed by atoms with Crippen LogP contribution in [0.4, 0.5) is 0 Å². The highest BCUT2D eigenvalue weighted by atomic mass is 16.2. The molecule has 1 fully saturated rings. The molecule has 0 spiro atoms. The molecular formula is C17H20N2O. The van der Waals surface area contributed by atoms with Crippen LogP contribution in [0.15, 0.2) is 42.5 Å². The fourth-order valence-electron chi connectivity index (χ4n) is 2.95. The molecule has 0 saturated heterocycles. The van der Waals surface area contributed by atoms with Crippen LogP contribution in [0.2, 0.25) is 0 Å². The average molecular weight is 268 g/mol. The van der Waals surface area contributed by atoms with Crippen molar-refractivity contribution in [2.24, 2.45) is 11.7 Å². The number of nitrogens with zero attached hydrogens (tertiary/aromatic N) is 1. The predicted molar refractivity (Wildman–Crippen MR) is 81.6 cm³/mol. The molecule has 0 heterocycles. The van der Waals surface area contributed by atoms with Crippen molar-refractivity contribution in [2.75, 3.05) is 13.6 Å². The molecule has 1 amide bonds. The van der Waals surface area contributed by atoms with E-state index in [-0.39, 0.29) is 5.91 Å². The minimum Gasteiger partial charge on any atom is -0.341 e. The zero-order valence-electron chi connectivity index (χ0n) is 11.8. The molecule has 20 heavy (non-hydrogen) atoms. The van der Waals surface area contributed by atoms with Gasteiger partial charge in [0.1, 0.15) is 0 Å². The molecule has 104 valence electrons. The van der Waals surface area contributed by atoms with Gasteiger partial charge in [-0.25, -0.2) is 0 Å². The highest BCUT2D eigenvalue weighted by Gasteiger charge is 2.28. The Balaban J connectivity index is 1.74. The van der Waals surface area contributed by atoms with E-state index in [1.807, 2.05) is 48.3 Å². The Morgan fingerprint density at radius 3 is 2.60 bits per heavy atom. The molecule has 2 N–H and O–H groups in total. The minimum absolute atomic E-state index is 0.0937. The minimum atomic E-state index is 0.0937. The quantitative estimate of drug-likeness (QED) is 0.930. The van der Waals surface area contributed by atoms with Crippen LogP contribution in [-0.2, 0) is 0 Å². The summed E-state index contributed by atoms with van der Waals surface area (Å²) in [5.74, 6) is 0.663. The van der Waals surface area contributed by atoms with Crippen LogP contribution in [0.1, 0.15) is 23.2 Å². The van der Waals surface area contributed by atoms with Gasteiger partial charge in [-0.1, -0.05) is 30.3 Å². The Kier molecular flexibility index (Phi) is 3.45. The number of fused-ring (bicyclic) bond motifs is 1. The first kappa shape index (κ1) is 13.1. The van der Waals surface area contributed by atoms with Crippen LogP contribution in [0, 0.1) is 5.92 Å². The van der Waals surface area contributed by atoms with Gasteiger partial charge in [0, 0.05) is 25.2 Å². The molecule has 3 nitrogen and oxygen atoms in total. The number of amides is 1. The van der Waals surface area contributed by atoms with E-state index >= 15 is 0 Å². The van der Waals surface area contributed by atoms with Crippen molar-refractivity contribution in [1.29, 1.82) is 0 Å². The number of benzene rings is 2. The predicted octanol–water partition coefficient (Wildman–Crippen LogP) is 2.65. The van der Waals surface area contributed by atoms with Crippen LogP contribution in [0.25, 0.3) is 10.8 Å². The van der Waals surface area contributed by atoms with Crippen LogP contribution in [0.5, 0.6) is 0 Å². The van der Waals surface area contributed by atoms with E-state index in [0.29, 0.717) is 12.0 Å². The van der Waals surface area contributed by atoms with E-state index in [1.54, 1.807) is 0 Å². The first-order valence-electron chi connectivity index (χ1n) is 7.13. The molecule has 1 aliphatic rings. The summed E-state index contributed by atoms with van der Waals surface area (Å²) < 4.78 is 0. The standard InChI is InChI=1S/C17H20N2O/c1-19(11-12-8-16(18)9-12)17(20)15-7-6-13-4-2-3-5-14(13)10-15/h2-7,10,12,16H,8-9,11,18H2,1H3. The largest absolute Gasteiger partial charge is 0.341 e. The van der Waals surface area contributed by atoms with Gasteiger partial charge in [-0.15, -0.1) is 0 Å². The van der Waals surface area contributed by atoms with Crippen LogP contribution >= 0.6 is 0 Å². The van der Waals surface area contributed by atoms with Gasteiger partial charge >= 0.3 is 0 Å². The van der Waals surface area contributed by atoms with Crippen molar-refractivity contribution in [1.82, 2.24) is 4.90 Å². The lowest BCUT2D eigenvalue weighted by Crippen LogP contribution is -2.43.